The zero-order valence-corrected chi connectivity index (χ0v) is 15.5. The molecule has 1 heterocycles. The average molecular weight is 370 g/mol. The molecule has 0 bridgehead atoms. The monoisotopic (exact) mass is 369 g/mol. The van der Waals surface area contributed by atoms with E-state index < -0.39 is 6.04 Å². The van der Waals surface area contributed by atoms with Crippen molar-refractivity contribution in [1.29, 1.82) is 0 Å². The summed E-state index contributed by atoms with van der Waals surface area (Å²) in [5, 5.41) is 0.548. The Morgan fingerprint density at radius 2 is 1.96 bits per heavy atom. The molecule has 1 aliphatic heterocycles. The summed E-state index contributed by atoms with van der Waals surface area (Å²) >= 11 is 7.65. The number of rotatable bonds is 5. The second-order valence-corrected chi connectivity index (χ2v) is 7.29. The summed E-state index contributed by atoms with van der Waals surface area (Å²) < 4.78 is 0. The van der Waals surface area contributed by atoms with Crippen LogP contribution in [0.5, 0.6) is 0 Å². The van der Waals surface area contributed by atoms with Crippen LogP contribution in [-0.4, -0.2) is 65.8 Å². The molecule has 7 heteroatoms. The number of thioether (sulfide) groups is 1. The molecule has 5 nitrogen and oxygen atoms in total. The normalized spacial score (nSPS) is 16.6. The minimum absolute atomic E-state index is 0.0129. The Hall–Kier alpha value is -1.24. The van der Waals surface area contributed by atoms with Gasteiger partial charge in [0.25, 0.3) is 5.91 Å². The van der Waals surface area contributed by atoms with Gasteiger partial charge < -0.3 is 15.5 Å². The van der Waals surface area contributed by atoms with Crippen molar-refractivity contribution < 1.29 is 9.59 Å². The maximum atomic E-state index is 12.6. The number of carbonyl (C=O) groups is 2. The Morgan fingerprint density at radius 1 is 1.25 bits per heavy atom. The van der Waals surface area contributed by atoms with E-state index in [1.54, 1.807) is 45.8 Å². The fraction of sp³-hybridized carbons (Fsp3) is 0.529. The Morgan fingerprint density at radius 3 is 2.67 bits per heavy atom. The maximum absolute atomic E-state index is 12.6. The number of carbonyl (C=O) groups excluding carboxylic acids is 2. The van der Waals surface area contributed by atoms with Crippen molar-refractivity contribution in [2.24, 2.45) is 5.73 Å². The van der Waals surface area contributed by atoms with E-state index in [1.165, 1.54) is 0 Å². The Labute approximate surface area is 152 Å². The molecule has 24 heavy (non-hydrogen) atoms. The Balaban J connectivity index is 1.95. The number of hydrogen-bond donors (Lipinski definition) is 1. The summed E-state index contributed by atoms with van der Waals surface area (Å²) in [4.78, 5) is 28.6. The van der Waals surface area contributed by atoms with Crippen LogP contribution in [0.3, 0.4) is 0 Å². The fourth-order valence-corrected chi connectivity index (χ4v) is 3.43. The van der Waals surface area contributed by atoms with Crippen LogP contribution in [0.4, 0.5) is 0 Å². The van der Waals surface area contributed by atoms with E-state index in [1.807, 2.05) is 6.26 Å². The van der Waals surface area contributed by atoms with Crippen molar-refractivity contribution in [3.8, 4) is 0 Å². The van der Waals surface area contributed by atoms with E-state index in [2.05, 4.69) is 0 Å². The van der Waals surface area contributed by atoms with Gasteiger partial charge in [0.1, 0.15) is 0 Å². The molecule has 2 N–H and O–H groups in total. The van der Waals surface area contributed by atoms with Gasteiger partial charge in [0.15, 0.2) is 0 Å². The summed E-state index contributed by atoms with van der Waals surface area (Å²) in [7, 11) is 0. The minimum Gasteiger partial charge on any atom is -0.340 e. The lowest BCUT2D eigenvalue weighted by Gasteiger charge is -2.24. The molecule has 0 unspecified atom stereocenters. The van der Waals surface area contributed by atoms with E-state index >= 15 is 0 Å². The quantitative estimate of drug-likeness (QED) is 0.863. The van der Waals surface area contributed by atoms with Gasteiger partial charge in [0.2, 0.25) is 5.91 Å². The first-order valence-corrected chi connectivity index (χ1v) is 9.88. The molecule has 1 aromatic carbocycles. The fourth-order valence-electron chi connectivity index (χ4n) is 2.75. The largest absolute Gasteiger partial charge is 0.340 e. The van der Waals surface area contributed by atoms with Gasteiger partial charge in [-0.1, -0.05) is 17.7 Å². The molecule has 1 aromatic rings. The molecule has 1 aliphatic rings. The molecular weight excluding hydrogens is 346 g/mol. The highest BCUT2D eigenvalue weighted by Gasteiger charge is 2.25. The summed E-state index contributed by atoms with van der Waals surface area (Å²) in [6, 6.07) is 6.51. The molecule has 132 valence electrons. The molecular formula is C17H24ClN3O2S. The van der Waals surface area contributed by atoms with Crippen LogP contribution in [-0.2, 0) is 4.79 Å². The van der Waals surface area contributed by atoms with E-state index in [0.717, 1.165) is 12.2 Å². The highest BCUT2D eigenvalue weighted by atomic mass is 35.5. The Kier molecular flexibility index (Phi) is 7.40. The first-order valence-electron chi connectivity index (χ1n) is 8.11. The third kappa shape index (κ3) is 5.13. The van der Waals surface area contributed by atoms with Crippen LogP contribution >= 0.6 is 23.4 Å². The van der Waals surface area contributed by atoms with Gasteiger partial charge in [-0.25, -0.2) is 0 Å². The van der Waals surface area contributed by atoms with E-state index in [-0.39, 0.29) is 11.8 Å². The number of hydrogen-bond acceptors (Lipinski definition) is 4. The van der Waals surface area contributed by atoms with Crippen molar-refractivity contribution >= 4 is 35.2 Å². The summed E-state index contributed by atoms with van der Waals surface area (Å²) in [5.74, 6) is 0.819. The van der Waals surface area contributed by atoms with E-state index in [9.17, 15) is 9.59 Å². The van der Waals surface area contributed by atoms with Crippen LogP contribution in [0.1, 0.15) is 23.2 Å². The standard InChI is InChI=1S/C17H24ClN3O2S/c1-24-11-6-15(19)17(23)21-8-3-7-20(9-10-21)16(22)13-4-2-5-14(18)12-13/h2,4-5,12,15H,3,6-11,19H2,1H3/t15-/m0/s1. The van der Waals surface area contributed by atoms with Gasteiger partial charge >= 0.3 is 0 Å². The predicted octanol–water partition coefficient (Wildman–Crippen LogP) is 2.09. The second-order valence-electron chi connectivity index (χ2n) is 5.87. The maximum Gasteiger partial charge on any atom is 0.253 e. The third-order valence-corrected chi connectivity index (χ3v) is 5.00. The first-order chi connectivity index (χ1) is 11.5. The summed E-state index contributed by atoms with van der Waals surface area (Å²) in [6.07, 6.45) is 3.44. The van der Waals surface area contributed by atoms with E-state index in [4.69, 9.17) is 17.3 Å². The van der Waals surface area contributed by atoms with Gasteiger partial charge in [-0.2, -0.15) is 11.8 Å². The smallest absolute Gasteiger partial charge is 0.253 e. The minimum atomic E-state index is -0.451. The van der Waals surface area contributed by atoms with Crippen LogP contribution in [0.25, 0.3) is 0 Å². The molecule has 1 atom stereocenters. The molecule has 2 rings (SSSR count). The molecule has 0 saturated carbocycles. The zero-order valence-electron chi connectivity index (χ0n) is 13.9. The molecule has 0 aromatic heterocycles. The number of nitrogens with two attached hydrogens (primary N) is 1. The van der Waals surface area contributed by atoms with Gasteiger partial charge in [-0.3, -0.25) is 9.59 Å². The zero-order chi connectivity index (χ0) is 17.5. The number of benzene rings is 1. The average Bonchev–Trinajstić information content (AvgIpc) is 2.84. The number of halogens is 1. The van der Waals surface area contributed by atoms with Crippen molar-refractivity contribution in [3.63, 3.8) is 0 Å². The summed E-state index contributed by atoms with van der Waals surface area (Å²) in [6.45, 7) is 2.32. The van der Waals surface area contributed by atoms with Crippen molar-refractivity contribution in [2.45, 2.75) is 18.9 Å². The highest BCUT2D eigenvalue weighted by Crippen LogP contribution is 2.15. The lowest BCUT2D eigenvalue weighted by Crippen LogP contribution is -2.45. The van der Waals surface area contributed by atoms with Gasteiger partial charge in [-0.05, 0) is 43.0 Å². The third-order valence-electron chi connectivity index (χ3n) is 4.12. The van der Waals surface area contributed by atoms with Crippen molar-refractivity contribution in [2.75, 3.05) is 38.2 Å². The highest BCUT2D eigenvalue weighted by molar-refractivity contribution is 7.98. The molecule has 1 saturated heterocycles. The SMILES string of the molecule is CSCC[C@H](N)C(=O)N1CCCN(C(=O)c2cccc(Cl)c2)CC1. The predicted molar refractivity (Wildman–Crippen MR) is 99.5 cm³/mol. The van der Waals surface area contributed by atoms with Crippen LogP contribution in [0, 0.1) is 0 Å². The molecule has 1 fully saturated rings. The Bertz CT molecular complexity index is 585. The van der Waals surface area contributed by atoms with Gasteiger partial charge in [0.05, 0.1) is 6.04 Å². The molecule has 2 amide bonds. The first kappa shape index (κ1) is 19.1. The van der Waals surface area contributed by atoms with Crippen molar-refractivity contribution in [3.05, 3.63) is 34.9 Å². The van der Waals surface area contributed by atoms with Crippen LogP contribution < -0.4 is 5.73 Å². The number of amides is 2. The van der Waals surface area contributed by atoms with Gasteiger partial charge in [-0.15, -0.1) is 0 Å². The lowest BCUT2D eigenvalue weighted by atomic mass is 10.2. The topological polar surface area (TPSA) is 66.6 Å². The van der Waals surface area contributed by atoms with Crippen LogP contribution in [0.15, 0.2) is 24.3 Å². The lowest BCUT2D eigenvalue weighted by molar-refractivity contribution is -0.132. The van der Waals surface area contributed by atoms with E-state index in [0.29, 0.717) is 43.2 Å². The van der Waals surface area contributed by atoms with Crippen molar-refractivity contribution in [1.82, 2.24) is 9.80 Å². The van der Waals surface area contributed by atoms with Gasteiger partial charge in [0, 0.05) is 36.8 Å². The molecule has 0 spiro atoms. The second kappa shape index (κ2) is 9.30. The summed E-state index contributed by atoms with van der Waals surface area (Å²) in [5.41, 5.74) is 6.57. The molecule has 0 radical (unpaired) electrons. The van der Waals surface area contributed by atoms with Crippen LogP contribution in [0.2, 0.25) is 5.02 Å². The number of nitrogens with zero attached hydrogens (tertiary/aromatic N) is 2. The molecule has 0 aliphatic carbocycles.